The SMILES string of the molecule is C[C@]12C=CC=C[C@]1(C)CCCC2. The molecule has 2 rings (SSSR count). The lowest BCUT2D eigenvalue weighted by Gasteiger charge is -2.48. The number of allylic oxidation sites excluding steroid dienone is 4. The van der Waals surface area contributed by atoms with Crippen LogP contribution < -0.4 is 0 Å². The van der Waals surface area contributed by atoms with E-state index in [1.54, 1.807) is 0 Å². The molecule has 66 valence electrons. The first kappa shape index (κ1) is 8.10. The van der Waals surface area contributed by atoms with Crippen LogP contribution in [0.4, 0.5) is 0 Å². The molecule has 0 radical (unpaired) electrons. The Hall–Kier alpha value is -0.520. The van der Waals surface area contributed by atoms with Gasteiger partial charge in [0.2, 0.25) is 0 Å². The topological polar surface area (TPSA) is 0 Å². The number of hydrogen-bond acceptors (Lipinski definition) is 0. The van der Waals surface area contributed by atoms with Crippen molar-refractivity contribution in [3.8, 4) is 0 Å². The Kier molecular flexibility index (Phi) is 1.67. The molecular formula is C12H18. The lowest BCUT2D eigenvalue weighted by molar-refractivity contribution is 0.109. The fourth-order valence-electron chi connectivity index (χ4n) is 2.64. The van der Waals surface area contributed by atoms with Gasteiger partial charge in [0, 0.05) is 0 Å². The summed E-state index contributed by atoms with van der Waals surface area (Å²) in [5.74, 6) is 0. The molecule has 0 nitrogen and oxygen atoms in total. The van der Waals surface area contributed by atoms with Crippen LogP contribution in [0.1, 0.15) is 39.5 Å². The molecule has 0 aromatic carbocycles. The summed E-state index contributed by atoms with van der Waals surface area (Å²) in [6, 6.07) is 0. The Morgan fingerprint density at radius 1 is 0.833 bits per heavy atom. The molecule has 2 atom stereocenters. The lowest BCUT2D eigenvalue weighted by Crippen LogP contribution is -2.38. The third kappa shape index (κ3) is 0.972. The molecule has 0 unspecified atom stereocenters. The van der Waals surface area contributed by atoms with Crippen molar-refractivity contribution in [1.82, 2.24) is 0 Å². The van der Waals surface area contributed by atoms with E-state index in [9.17, 15) is 0 Å². The fraction of sp³-hybridized carbons (Fsp3) is 0.667. The third-order valence-electron chi connectivity index (χ3n) is 3.99. The Bertz CT molecular complexity index is 210. The summed E-state index contributed by atoms with van der Waals surface area (Å²) in [5, 5.41) is 0. The van der Waals surface area contributed by atoms with Crippen molar-refractivity contribution >= 4 is 0 Å². The van der Waals surface area contributed by atoms with E-state index in [-0.39, 0.29) is 0 Å². The molecule has 2 aliphatic rings. The standard InChI is InChI=1S/C12H18/c1-11-7-3-5-9-12(11,2)10-6-4-8-11/h3,5,7,9H,4,6,8,10H2,1-2H3/t11-,12-/m1/s1. The monoisotopic (exact) mass is 162 g/mol. The summed E-state index contributed by atoms with van der Waals surface area (Å²) in [7, 11) is 0. The minimum Gasteiger partial charge on any atom is -0.0777 e. The van der Waals surface area contributed by atoms with Crippen LogP contribution in [0.3, 0.4) is 0 Å². The van der Waals surface area contributed by atoms with Crippen LogP contribution in [0.15, 0.2) is 24.3 Å². The molecule has 0 saturated heterocycles. The first-order chi connectivity index (χ1) is 5.66. The Balaban J connectivity index is 2.35. The summed E-state index contributed by atoms with van der Waals surface area (Å²) < 4.78 is 0. The molecule has 0 spiro atoms. The van der Waals surface area contributed by atoms with E-state index in [2.05, 4.69) is 38.2 Å². The van der Waals surface area contributed by atoms with E-state index in [4.69, 9.17) is 0 Å². The molecule has 1 saturated carbocycles. The zero-order chi connectivity index (χ0) is 8.66. The van der Waals surface area contributed by atoms with Crippen molar-refractivity contribution in [2.75, 3.05) is 0 Å². The molecule has 0 heteroatoms. The van der Waals surface area contributed by atoms with Gasteiger partial charge in [0.15, 0.2) is 0 Å². The largest absolute Gasteiger partial charge is 0.0777 e. The van der Waals surface area contributed by atoms with Crippen molar-refractivity contribution in [3.05, 3.63) is 24.3 Å². The summed E-state index contributed by atoms with van der Waals surface area (Å²) >= 11 is 0. The van der Waals surface area contributed by atoms with Crippen molar-refractivity contribution in [3.63, 3.8) is 0 Å². The van der Waals surface area contributed by atoms with Gasteiger partial charge in [-0.2, -0.15) is 0 Å². The minimum atomic E-state index is 0.444. The zero-order valence-corrected chi connectivity index (χ0v) is 8.14. The van der Waals surface area contributed by atoms with Gasteiger partial charge < -0.3 is 0 Å². The minimum absolute atomic E-state index is 0.444. The maximum absolute atomic E-state index is 2.41. The van der Waals surface area contributed by atoms with E-state index < -0.39 is 0 Å². The molecule has 0 amide bonds. The third-order valence-corrected chi connectivity index (χ3v) is 3.99. The van der Waals surface area contributed by atoms with Crippen molar-refractivity contribution < 1.29 is 0 Å². The van der Waals surface area contributed by atoms with Crippen LogP contribution in [-0.2, 0) is 0 Å². The number of rotatable bonds is 0. The molecule has 0 aromatic rings. The van der Waals surface area contributed by atoms with Crippen LogP contribution in [-0.4, -0.2) is 0 Å². The van der Waals surface area contributed by atoms with Crippen LogP contribution in [0.5, 0.6) is 0 Å². The van der Waals surface area contributed by atoms with Gasteiger partial charge in [-0.25, -0.2) is 0 Å². The maximum Gasteiger partial charge on any atom is -0.00550 e. The summed E-state index contributed by atoms with van der Waals surface area (Å²) in [4.78, 5) is 0. The average Bonchev–Trinajstić information content (AvgIpc) is 2.05. The van der Waals surface area contributed by atoms with E-state index in [0.717, 1.165) is 0 Å². The van der Waals surface area contributed by atoms with Crippen molar-refractivity contribution in [2.24, 2.45) is 10.8 Å². The second kappa shape index (κ2) is 2.48. The smallest absolute Gasteiger partial charge is 0.00550 e. The lowest BCUT2D eigenvalue weighted by atomic mass is 9.56. The molecule has 0 bridgehead atoms. The van der Waals surface area contributed by atoms with E-state index in [1.165, 1.54) is 25.7 Å². The van der Waals surface area contributed by atoms with Crippen LogP contribution in [0, 0.1) is 10.8 Å². The predicted molar refractivity (Wildman–Crippen MR) is 53.0 cm³/mol. The van der Waals surface area contributed by atoms with Crippen LogP contribution in [0.25, 0.3) is 0 Å². The Morgan fingerprint density at radius 3 is 1.67 bits per heavy atom. The highest BCUT2D eigenvalue weighted by atomic mass is 14.5. The van der Waals surface area contributed by atoms with Gasteiger partial charge in [0.1, 0.15) is 0 Å². The van der Waals surface area contributed by atoms with Gasteiger partial charge in [0.05, 0.1) is 0 Å². The number of hydrogen-bond donors (Lipinski definition) is 0. The quantitative estimate of drug-likeness (QED) is 0.509. The Morgan fingerprint density at radius 2 is 1.25 bits per heavy atom. The number of fused-ring (bicyclic) bond motifs is 1. The second-order valence-corrected chi connectivity index (χ2v) is 4.76. The highest BCUT2D eigenvalue weighted by Crippen LogP contribution is 2.53. The van der Waals surface area contributed by atoms with Crippen LogP contribution >= 0.6 is 0 Å². The van der Waals surface area contributed by atoms with E-state index in [0.29, 0.717) is 10.8 Å². The molecule has 0 aliphatic heterocycles. The first-order valence-electron chi connectivity index (χ1n) is 5.03. The van der Waals surface area contributed by atoms with E-state index in [1.807, 2.05) is 0 Å². The predicted octanol–water partition coefficient (Wildman–Crippen LogP) is 3.70. The summed E-state index contributed by atoms with van der Waals surface area (Å²) in [6.45, 7) is 4.82. The Labute approximate surface area is 75.4 Å². The molecule has 0 N–H and O–H groups in total. The molecule has 0 aromatic heterocycles. The average molecular weight is 162 g/mol. The van der Waals surface area contributed by atoms with Crippen molar-refractivity contribution in [2.45, 2.75) is 39.5 Å². The highest BCUT2D eigenvalue weighted by Gasteiger charge is 2.43. The van der Waals surface area contributed by atoms with Crippen LogP contribution in [0.2, 0.25) is 0 Å². The van der Waals surface area contributed by atoms with Gasteiger partial charge in [-0.15, -0.1) is 0 Å². The molecule has 2 aliphatic carbocycles. The molecule has 0 heterocycles. The normalized spacial score (nSPS) is 45.8. The van der Waals surface area contributed by atoms with Gasteiger partial charge >= 0.3 is 0 Å². The van der Waals surface area contributed by atoms with Gasteiger partial charge in [-0.05, 0) is 23.7 Å². The first-order valence-corrected chi connectivity index (χ1v) is 5.03. The molecular weight excluding hydrogens is 144 g/mol. The highest BCUT2D eigenvalue weighted by molar-refractivity contribution is 5.24. The van der Waals surface area contributed by atoms with Crippen molar-refractivity contribution in [1.29, 1.82) is 0 Å². The van der Waals surface area contributed by atoms with Gasteiger partial charge in [-0.3, -0.25) is 0 Å². The molecule has 1 fully saturated rings. The maximum atomic E-state index is 2.41. The fourth-order valence-corrected chi connectivity index (χ4v) is 2.64. The summed E-state index contributed by atoms with van der Waals surface area (Å²) in [5.41, 5.74) is 0.889. The zero-order valence-electron chi connectivity index (χ0n) is 8.14. The van der Waals surface area contributed by atoms with E-state index >= 15 is 0 Å². The van der Waals surface area contributed by atoms with Gasteiger partial charge in [-0.1, -0.05) is 51.0 Å². The van der Waals surface area contributed by atoms with Gasteiger partial charge in [0.25, 0.3) is 0 Å². The molecule has 12 heavy (non-hydrogen) atoms. The summed E-state index contributed by atoms with van der Waals surface area (Å²) in [6.07, 6.45) is 14.8. The second-order valence-electron chi connectivity index (χ2n) is 4.76.